The predicted octanol–water partition coefficient (Wildman–Crippen LogP) is 2.04. The summed E-state index contributed by atoms with van der Waals surface area (Å²) >= 11 is 4.02. The van der Waals surface area contributed by atoms with E-state index in [0.717, 1.165) is 25.2 Å². The first-order valence-corrected chi connectivity index (χ1v) is 6.77. The Hall–Kier alpha value is -1.79. The van der Waals surface area contributed by atoms with Crippen LogP contribution >= 0.6 is 12.6 Å². The molecule has 0 unspecified atom stereocenters. The standard InChI is InChI=1S/C8H10N2.C6H7NO2S/c1-3-9-6-8-2-4-10-5-7(1)8;1-3-5(10)2-4(7-3)6(8)9/h1,3,6,10H,2,4-5H2;2,7,10H,1H3,(H,8,9). The Kier molecular flexibility index (Phi) is 4.81. The zero-order valence-corrected chi connectivity index (χ0v) is 12.1. The number of rotatable bonds is 1. The molecule has 2 aromatic heterocycles. The van der Waals surface area contributed by atoms with E-state index in [1.165, 1.54) is 17.2 Å². The summed E-state index contributed by atoms with van der Waals surface area (Å²) in [6, 6.07) is 3.57. The van der Waals surface area contributed by atoms with Gasteiger partial charge in [-0.3, -0.25) is 4.98 Å². The SMILES string of the molecule is Cc1[nH]c(C(=O)O)cc1S.c1cc2c(cn1)CCNC2. The van der Waals surface area contributed by atoms with Gasteiger partial charge in [-0.2, -0.15) is 0 Å². The van der Waals surface area contributed by atoms with Crippen LogP contribution in [0.1, 0.15) is 27.3 Å². The smallest absolute Gasteiger partial charge is 0.352 e. The van der Waals surface area contributed by atoms with E-state index < -0.39 is 5.97 Å². The Morgan fingerprint density at radius 1 is 1.45 bits per heavy atom. The molecule has 2 aromatic rings. The first kappa shape index (κ1) is 14.6. The van der Waals surface area contributed by atoms with Crippen LogP contribution in [0.4, 0.5) is 0 Å². The molecule has 5 nitrogen and oxygen atoms in total. The lowest BCUT2D eigenvalue weighted by molar-refractivity contribution is 0.0691. The number of nitrogens with zero attached hydrogens (tertiary/aromatic N) is 1. The van der Waals surface area contributed by atoms with E-state index in [4.69, 9.17) is 5.11 Å². The summed E-state index contributed by atoms with van der Waals surface area (Å²) in [5, 5.41) is 11.8. The van der Waals surface area contributed by atoms with Gasteiger partial charge in [0.25, 0.3) is 0 Å². The lowest BCUT2D eigenvalue weighted by Crippen LogP contribution is -2.23. The molecular formula is C14H17N3O2S. The second-order valence-electron chi connectivity index (χ2n) is 4.57. The number of aromatic amines is 1. The lowest BCUT2D eigenvalue weighted by atomic mass is 10.0. The minimum Gasteiger partial charge on any atom is -0.477 e. The molecule has 3 rings (SSSR count). The number of H-pyrrole nitrogens is 1. The van der Waals surface area contributed by atoms with Gasteiger partial charge in [0.05, 0.1) is 0 Å². The molecule has 0 saturated heterocycles. The Balaban J connectivity index is 0.000000147. The van der Waals surface area contributed by atoms with Crippen LogP contribution < -0.4 is 5.32 Å². The normalized spacial score (nSPS) is 13.1. The topological polar surface area (TPSA) is 78.0 Å². The molecule has 1 aliphatic rings. The Morgan fingerprint density at radius 3 is 2.80 bits per heavy atom. The maximum Gasteiger partial charge on any atom is 0.352 e. The molecule has 0 amide bonds. The average molecular weight is 291 g/mol. The first-order chi connectivity index (χ1) is 9.58. The van der Waals surface area contributed by atoms with Crippen LogP contribution in [-0.4, -0.2) is 27.6 Å². The quantitative estimate of drug-likeness (QED) is 0.606. The van der Waals surface area contributed by atoms with Crippen LogP contribution in [0.15, 0.2) is 29.4 Å². The third kappa shape index (κ3) is 3.61. The molecule has 1 aliphatic heterocycles. The molecule has 0 bridgehead atoms. The number of hydrogen-bond acceptors (Lipinski definition) is 4. The Bertz CT molecular complexity index is 566. The summed E-state index contributed by atoms with van der Waals surface area (Å²) in [6.45, 7) is 3.88. The minimum absolute atomic E-state index is 0.183. The molecular weight excluding hydrogens is 274 g/mol. The number of aromatic nitrogens is 2. The van der Waals surface area contributed by atoms with Gasteiger partial charge in [0.1, 0.15) is 5.69 Å². The number of aromatic carboxylic acids is 1. The molecule has 106 valence electrons. The lowest BCUT2D eigenvalue weighted by Gasteiger charge is -2.15. The second-order valence-corrected chi connectivity index (χ2v) is 5.05. The summed E-state index contributed by atoms with van der Waals surface area (Å²) in [4.78, 5) is 17.7. The summed E-state index contributed by atoms with van der Waals surface area (Å²) in [5.41, 5.74) is 3.77. The van der Waals surface area contributed by atoms with E-state index >= 15 is 0 Å². The van der Waals surface area contributed by atoms with E-state index in [2.05, 4.69) is 34.0 Å². The van der Waals surface area contributed by atoms with Crippen molar-refractivity contribution in [1.82, 2.24) is 15.3 Å². The fourth-order valence-corrected chi connectivity index (χ4v) is 2.15. The van der Waals surface area contributed by atoms with Crippen LogP contribution in [0.3, 0.4) is 0 Å². The molecule has 3 heterocycles. The van der Waals surface area contributed by atoms with Gasteiger partial charge in [-0.25, -0.2) is 4.79 Å². The molecule has 0 radical (unpaired) electrons. The van der Waals surface area contributed by atoms with Crippen LogP contribution in [0.25, 0.3) is 0 Å². The van der Waals surface area contributed by atoms with Gasteiger partial charge >= 0.3 is 5.97 Å². The molecule has 3 N–H and O–H groups in total. The summed E-state index contributed by atoms with van der Waals surface area (Å²) in [5.74, 6) is -0.955. The highest BCUT2D eigenvalue weighted by atomic mass is 32.1. The van der Waals surface area contributed by atoms with Crippen molar-refractivity contribution in [3.8, 4) is 0 Å². The monoisotopic (exact) mass is 291 g/mol. The number of hydrogen-bond donors (Lipinski definition) is 4. The Morgan fingerprint density at radius 2 is 2.25 bits per heavy atom. The number of pyridine rings is 1. The zero-order chi connectivity index (χ0) is 14.5. The molecule has 0 spiro atoms. The molecule has 0 aromatic carbocycles. The van der Waals surface area contributed by atoms with Gasteiger partial charge in [-0.15, -0.1) is 12.6 Å². The summed E-state index contributed by atoms with van der Waals surface area (Å²) < 4.78 is 0. The number of fused-ring (bicyclic) bond motifs is 1. The van der Waals surface area contributed by atoms with E-state index in [0.29, 0.717) is 4.90 Å². The number of nitrogens with one attached hydrogen (secondary N) is 2. The third-order valence-corrected chi connectivity index (χ3v) is 3.57. The molecule has 20 heavy (non-hydrogen) atoms. The number of aryl methyl sites for hydroxylation is 1. The highest BCUT2D eigenvalue weighted by Crippen LogP contribution is 2.13. The predicted molar refractivity (Wildman–Crippen MR) is 79.4 cm³/mol. The molecule has 0 aliphatic carbocycles. The van der Waals surface area contributed by atoms with E-state index in [-0.39, 0.29) is 5.69 Å². The average Bonchev–Trinajstić information content (AvgIpc) is 2.80. The van der Waals surface area contributed by atoms with Crippen molar-refractivity contribution in [3.05, 3.63) is 47.0 Å². The van der Waals surface area contributed by atoms with Crippen LogP contribution in [0, 0.1) is 6.92 Å². The maximum absolute atomic E-state index is 10.3. The largest absolute Gasteiger partial charge is 0.477 e. The van der Waals surface area contributed by atoms with Gasteiger partial charge in [-0.1, -0.05) is 0 Å². The van der Waals surface area contributed by atoms with E-state index in [9.17, 15) is 4.79 Å². The van der Waals surface area contributed by atoms with Crippen molar-refractivity contribution < 1.29 is 9.90 Å². The van der Waals surface area contributed by atoms with Crippen molar-refractivity contribution in [1.29, 1.82) is 0 Å². The summed E-state index contributed by atoms with van der Waals surface area (Å²) in [6.07, 6.45) is 4.95. The highest BCUT2D eigenvalue weighted by molar-refractivity contribution is 7.80. The van der Waals surface area contributed by atoms with Crippen LogP contribution in [-0.2, 0) is 13.0 Å². The van der Waals surface area contributed by atoms with Gasteiger partial charge < -0.3 is 15.4 Å². The fourth-order valence-electron chi connectivity index (χ4n) is 1.96. The van der Waals surface area contributed by atoms with Crippen LogP contribution in [0.5, 0.6) is 0 Å². The van der Waals surface area contributed by atoms with E-state index in [1.54, 1.807) is 6.92 Å². The van der Waals surface area contributed by atoms with Crippen LogP contribution in [0.2, 0.25) is 0 Å². The molecule has 0 fully saturated rings. The first-order valence-electron chi connectivity index (χ1n) is 6.32. The Labute approximate surface area is 122 Å². The van der Waals surface area contributed by atoms with Crippen molar-refractivity contribution in [3.63, 3.8) is 0 Å². The molecule has 0 atom stereocenters. The number of carboxylic acid groups (broad SMARTS) is 1. The second kappa shape index (κ2) is 6.58. The number of thiol groups is 1. The van der Waals surface area contributed by atoms with Gasteiger partial charge in [0.15, 0.2) is 0 Å². The zero-order valence-electron chi connectivity index (χ0n) is 11.2. The van der Waals surface area contributed by atoms with Crippen molar-refractivity contribution in [2.24, 2.45) is 0 Å². The highest BCUT2D eigenvalue weighted by Gasteiger charge is 2.06. The minimum atomic E-state index is -0.955. The molecule has 0 saturated carbocycles. The number of carboxylic acids is 1. The number of carbonyl (C=O) groups is 1. The van der Waals surface area contributed by atoms with Gasteiger partial charge in [0.2, 0.25) is 0 Å². The maximum atomic E-state index is 10.3. The van der Waals surface area contributed by atoms with Gasteiger partial charge in [-0.05, 0) is 43.1 Å². The van der Waals surface area contributed by atoms with Crippen molar-refractivity contribution >= 4 is 18.6 Å². The third-order valence-electron chi connectivity index (χ3n) is 3.11. The van der Waals surface area contributed by atoms with Gasteiger partial charge in [0, 0.05) is 29.5 Å². The van der Waals surface area contributed by atoms with Crippen molar-refractivity contribution in [2.75, 3.05) is 6.54 Å². The molecule has 6 heteroatoms. The summed E-state index contributed by atoms with van der Waals surface area (Å²) in [7, 11) is 0. The van der Waals surface area contributed by atoms with Crippen molar-refractivity contribution in [2.45, 2.75) is 24.8 Å². The fraction of sp³-hybridized carbons (Fsp3) is 0.286. The van der Waals surface area contributed by atoms with E-state index in [1.807, 2.05) is 12.4 Å².